The van der Waals surface area contributed by atoms with Crippen LogP contribution in [0.25, 0.3) is 0 Å². The van der Waals surface area contributed by atoms with E-state index in [4.69, 9.17) is 4.74 Å². The van der Waals surface area contributed by atoms with E-state index in [2.05, 4.69) is 21.8 Å². The minimum atomic E-state index is -0.0138. The monoisotopic (exact) mass is 304 g/mol. The van der Waals surface area contributed by atoms with E-state index >= 15 is 0 Å². The standard InChI is InChI=1S/C16H24N4O2/c1-12-4-3-5-20(11-12)15-10-14(17-13(2)18-15)16(21)19-6-8-22-9-7-19/h10,12H,3-9,11H2,1-2H3/t12-/m0/s1. The topological polar surface area (TPSA) is 58.6 Å². The van der Waals surface area contributed by atoms with Crippen molar-refractivity contribution in [2.24, 2.45) is 5.92 Å². The zero-order valence-corrected chi connectivity index (χ0v) is 13.4. The third-order valence-corrected chi connectivity index (χ3v) is 4.32. The highest BCUT2D eigenvalue weighted by molar-refractivity contribution is 5.93. The minimum Gasteiger partial charge on any atom is -0.378 e. The molecule has 0 aromatic carbocycles. The van der Waals surface area contributed by atoms with E-state index in [0.717, 1.165) is 18.9 Å². The smallest absolute Gasteiger partial charge is 0.272 e. The third-order valence-electron chi connectivity index (χ3n) is 4.32. The molecule has 2 saturated heterocycles. The third kappa shape index (κ3) is 3.38. The summed E-state index contributed by atoms with van der Waals surface area (Å²) in [5.41, 5.74) is 0.502. The van der Waals surface area contributed by atoms with Crippen molar-refractivity contribution in [3.8, 4) is 0 Å². The first-order chi connectivity index (χ1) is 10.6. The molecule has 3 heterocycles. The van der Waals surface area contributed by atoms with Gasteiger partial charge in [0.15, 0.2) is 0 Å². The Morgan fingerprint density at radius 1 is 1.27 bits per heavy atom. The Bertz CT molecular complexity index is 543. The molecule has 1 aromatic rings. The number of hydrogen-bond donors (Lipinski definition) is 0. The van der Waals surface area contributed by atoms with Crippen LogP contribution in [0.15, 0.2) is 6.07 Å². The first kappa shape index (κ1) is 15.2. The molecule has 0 bridgehead atoms. The van der Waals surface area contributed by atoms with Gasteiger partial charge in [0.1, 0.15) is 17.3 Å². The van der Waals surface area contributed by atoms with Crippen LogP contribution < -0.4 is 4.90 Å². The molecule has 22 heavy (non-hydrogen) atoms. The molecule has 0 N–H and O–H groups in total. The lowest BCUT2D eigenvalue weighted by atomic mass is 10.0. The summed E-state index contributed by atoms with van der Waals surface area (Å²) >= 11 is 0. The Morgan fingerprint density at radius 2 is 2.05 bits per heavy atom. The molecule has 0 radical (unpaired) electrons. The van der Waals surface area contributed by atoms with Crippen LogP contribution in [-0.2, 0) is 4.74 Å². The van der Waals surface area contributed by atoms with E-state index in [-0.39, 0.29) is 5.91 Å². The molecule has 3 rings (SSSR count). The van der Waals surface area contributed by atoms with Gasteiger partial charge in [0.05, 0.1) is 13.2 Å². The van der Waals surface area contributed by atoms with Gasteiger partial charge < -0.3 is 14.5 Å². The molecule has 120 valence electrons. The molecular weight excluding hydrogens is 280 g/mol. The van der Waals surface area contributed by atoms with Gasteiger partial charge in [-0.3, -0.25) is 4.79 Å². The maximum atomic E-state index is 12.6. The van der Waals surface area contributed by atoms with E-state index < -0.39 is 0 Å². The van der Waals surface area contributed by atoms with Gasteiger partial charge in [-0.1, -0.05) is 6.92 Å². The van der Waals surface area contributed by atoms with Crippen molar-refractivity contribution in [2.75, 3.05) is 44.3 Å². The highest BCUT2D eigenvalue weighted by atomic mass is 16.5. The summed E-state index contributed by atoms with van der Waals surface area (Å²) in [6.07, 6.45) is 2.44. The summed E-state index contributed by atoms with van der Waals surface area (Å²) in [5.74, 6) is 2.20. The number of morpholine rings is 1. The molecule has 1 amide bonds. The van der Waals surface area contributed by atoms with Crippen molar-refractivity contribution in [3.63, 3.8) is 0 Å². The molecule has 6 heteroatoms. The Hall–Kier alpha value is -1.69. The number of amides is 1. The summed E-state index contributed by atoms with van der Waals surface area (Å²) in [5, 5.41) is 0. The molecule has 0 saturated carbocycles. The number of piperidine rings is 1. The van der Waals surface area contributed by atoms with Crippen LogP contribution in [0, 0.1) is 12.8 Å². The van der Waals surface area contributed by atoms with Crippen LogP contribution in [0.3, 0.4) is 0 Å². The number of nitrogens with zero attached hydrogens (tertiary/aromatic N) is 4. The fourth-order valence-electron chi connectivity index (χ4n) is 3.15. The predicted molar refractivity (Wildman–Crippen MR) is 84.1 cm³/mol. The van der Waals surface area contributed by atoms with E-state index in [9.17, 15) is 4.79 Å². The van der Waals surface area contributed by atoms with Crippen molar-refractivity contribution >= 4 is 11.7 Å². The Labute approximate surface area is 131 Å². The van der Waals surface area contributed by atoms with Crippen LogP contribution in [0.5, 0.6) is 0 Å². The summed E-state index contributed by atoms with van der Waals surface area (Å²) in [6, 6.07) is 1.85. The Morgan fingerprint density at radius 3 is 2.77 bits per heavy atom. The summed E-state index contributed by atoms with van der Waals surface area (Å²) in [7, 11) is 0. The number of aromatic nitrogens is 2. The van der Waals surface area contributed by atoms with Gasteiger partial charge in [-0.15, -0.1) is 0 Å². The van der Waals surface area contributed by atoms with Crippen LogP contribution >= 0.6 is 0 Å². The van der Waals surface area contributed by atoms with Crippen molar-refractivity contribution in [2.45, 2.75) is 26.7 Å². The lowest BCUT2D eigenvalue weighted by molar-refractivity contribution is 0.0299. The molecule has 1 atom stereocenters. The molecule has 1 aromatic heterocycles. The number of hydrogen-bond acceptors (Lipinski definition) is 5. The molecule has 0 unspecified atom stereocenters. The SMILES string of the molecule is Cc1nc(C(=O)N2CCOCC2)cc(N2CCC[C@H](C)C2)n1. The van der Waals surface area contributed by atoms with E-state index in [1.54, 1.807) is 0 Å². The number of carbonyl (C=O) groups is 1. The Balaban J connectivity index is 1.81. The number of rotatable bonds is 2. The normalized spacial score (nSPS) is 22.7. The zero-order chi connectivity index (χ0) is 15.5. The predicted octanol–water partition coefficient (Wildman–Crippen LogP) is 1.49. The lowest BCUT2D eigenvalue weighted by Gasteiger charge is -2.32. The number of anilines is 1. The second-order valence-electron chi connectivity index (χ2n) is 6.26. The van der Waals surface area contributed by atoms with E-state index in [0.29, 0.717) is 43.7 Å². The van der Waals surface area contributed by atoms with Gasteiger partial charge in [-0.05, 0) is 25.7 Å². The maximum Gasteiger partial charge on any atom is 0.272 e. The molecular formula is C16H24N4O2. The van der Waals surface area contributed by atoms with Gasteiger partial charge in [0, 0.05) is 32.2 Å². The van der Waals surface area contributed by atoms with E-state index in [1.165, 1.54) is 12.8 Å². The van der Waals surface area contributed by atoms with Gasteiger partial charge in [0.2, 0.25) is 0 Å². The zero-order valence-electron chi connectivity index (χ0n) is 13.4. The average molecular weight is 304 g/mol. The van der Waals surface area contributed by atoms with Crippen molar-refractivity contribution < 1.29 is 9.53 Å². The van der Waals surface area contributed by atoms with Crippen LogP contribution in [-0.4, -0.2) is 60.2 Å². The molecule has 0 spiro atoms. The molecule has 2 aliphatic rings. The van der Waals surface area contributed by atoms with Crippen molar-refractivity contribution in [1.29, 1.82) is 0 Å². The largest absolute Gasteiger partial charge is 0.378 e. The maximum absolute atomic E-state index is 12.6. The minimum absolute atomic E-state index is 0.0138. The fraction of sp³-hybridized carbons (Fsp3) is 0.688. The number of carbonyl (C=O) groups excluding carboxylic acids is 1. The second kappa shape index (κ2) is 6.60. The summed E-state index contributed by atoms with van der Waals surface area (Å²) in [6.45, 7) is 8.61. The molecule has 6 nitrogen and oxygen atoms in total. The Kier molecular flexibility index (Phi) is 4.57. The first-order valence-electron chi connectivity index (χ1n) is 8.11. The number of ether oxygens (including phenoxy) is 1. The molecule has 2 fully saturated rings. The highest BCUT2D eigenvalue weighted by Crippen LogP contribution is 2.22. The van der Waals surface area contributed by atoms with Crippen molar-refractivity contribution in [3.05, 3.63) is 17.6 Å². The van der Waals surface area contributed by atoms with Gasteiger partial charge in [-0.2, -0.15) is 0 Å². The van der Waals surface area contributed by atoms with Crippen molar-refractivity contribution in [1.82, 2.24) is 14.9 Å². The molecule has 0 aliphatic carbocycles. The highest BCUT2D eigenvalue weighted by Gasteiger charge is 2.23. The lowest BCUT2D eigenvalue weighted by Crippen LogP contribution is -2.41. The quantitative estimate of drug-likeness (QED) is 0.828. The number of aryl methyl sites for hydroxylation is 1. The van der Waals surface area contributed by atoms with E-state index in [1.807, 2.05) is 17.9 Å². The van der Waals surface area contributed by atoms with Gasteiger partial charge in [-0.25, -0.2) is 9.97 Å². The van der Waals surface area contributed by atoms with Crippen LogP contribution in [0.4, 0.5) is 5.82 Å². The first-order valence-corrected chi connectivity index (χ1v) is 8.11. The average Bonchev–Trinajstić information content (AvgIpc) is 2.54. The summed E-state index contributed by atoms with van der Waals surface area (Å²) in [4.78, 5) is 25.6. The second-order valence-corrected chi connectivity index (χ2v) is 6.26. The van der Waals surface area contributed by atoms with Gasteiger partial charge >= 0.3 is 0 Å². The summed E-state index contributed by atoms with van der Waals surface area (Å²) < 4.78 is 5.31. The van der Waals surface area contributed by atoms with Gasteiger partial charge in [0.25, 0.3) is 5.91 Å². The molecule has 2 aliphatic heterocycles. The van der Waals surface area contributed by atoms with Crippen LogP contribution in [0.1, 0.15) is 36.1 Å². The fourth-order valence-corrected chi connectivity index (χ4v) is 3.15. The van der Waals surface area contributed by atoms with Crippen LogP contribution in [0.2, 0.25) is 0 Å².